The Morgan fingerprint density at radius 1 is 1.38 bits per heavy atom. The van der Waals surface area contributed by atoms with Gasteiger partial charge in [0.25, 0.3) is 5.91 Å². The van der Waals surface area contributed by atoms with Crippen molar-refractivity contribution in [3.8, 4) is 0 Å². The highest BCUT2D eigenvalue weighted by molar-refractivity contribution is 7.14. The summed E-state index contributed by atoms with van der Waals surface area (Å²) in [6, 6.07) is 1.83. The molecule has 142 valence electrons. The molecule has 0 N–H and O–H groups in total. The summed E-state index contributed by atoms with van der Waals surface area (Å²) in [5.41, 5.74) is 1.03. The lowest BCUT2D eigenvalue weighted by molar-refractivity contribution is -0.133. The summed E-state index contributed by atoms with van der Waals surface area (Å²) in [5, 5.41) is 0. The van der Waals surface area contributed by atoms with Crippen LogP contribution in [-0.2, 0) is 22.5 Å². The summed E-state index contributed by atoms with van der Waals surface area (Å²) < 4.78 is 5.11. The van der Waals surface area contributed by atoms with Crippen LogP contribution in [-0.4, -0.2) is 72.4 Å². The average molecular weight is 379 g/mol. The number of carbonyl (C=O) groups is 3. The highest BCUT2D eigenvalue weighted by atomic mass is 32.1. The molecule has 0 radical (unpaired) electrons. The normalized spacial score (nSPS) is 19.6. The van der Waals surface area contributed by atoms with Gasteiger partial charge in [-0.05, 0) is 24.0 Å². The molecule has 7 nitrogen and oxygen atoms in total. The summed E-state index contributed by atoms with van der Waals surface area (Å²) >= 11 is 1.51. The first kappa shape index (κ1) is 18.7. The summed E-state index contributed by atoms with van der Waals surface area (Å²) in [6.07, 6.45) is 0.328. The van der Waals surface area contributed by atoms with Crippen LogP contribution >= 0.6 is 11.3 Å². The highest BCUT2D eigenvalue weighted by Crippen LogP contribution is 2.29. The number of hydrogen-bond donors (Lipinski definition) is 0. The standard InChI is InChI=1S/C18H25N3O4S/c1-11(2)13-10-25-18(24)21(13)9-16(22)20-6-5-14-12(8-20)7-15(26-14)17(23)19(3)4/h7,11,13H,5-6,8-10H2,1-4H3/t13-/m1/s1. The van der Waals surface area contributed by atoms with Crippen LogP contribution in [0.4, 0.5) is 4.79 Å². The van der Waals surface area contributed by atoms with Crippen molar-refractivity contribution in [3.05, 3.63) is 21.4 Å². The van der Waals surface area contributed by atoms with Gasteiger partial charge in [-0.1, -0.05) is 13.8 Å². The summed E-state index contributed by atoms with van der Waals surface area (Å²) in [7, 11) is 3.47. The van der Waals surface area contributed by atoms with Gasteiger partial charge in [-0.3, -0.25) is 14.5 Å². The monoisotopic (exact) mass is 379 g/mol. The molecule has 8 heteroatoms. The number of thiophene rings is 1. The summed E-state index contributed by atoms with van der Waals surface area (Å²) in [6.45, 7) is 5.52. The van der Waals surface area contributed by atoms with Crippen LogP contribution in [0.1, 0.15) is 34.0 Å². The van der Waals surface area contributed by atoms with Gasteiger partial charge in [-0.2, -0.15) is 0 Å². The Bertz CT molecular complexity index is 728. The predicted octanol–water partition coefficient (Wildman–Crippen LogP) is 1.81. The zero-order valence-corrected chi connectivity index (χ0v) is 16.5. The molecule has 1 fully saturated rings. The Morgan fingerprint density at radius 3 is 2.77 bits per heavy atom. The van der Waals surface area contributed by atoms with Gasteiger partial charge in [0.2, 0.25) is 5.91 Å². The maximum absolute atomic E-state index is 12.7. The van der Waals surface area contributed by atoms with Crippen molar-refractivity contribution in [2.75, 3.05) is 33.8 Å². The minimum atomic E-state index is -0.413. The summed E-state index contributed by atoms with van der Waals surface area (Å²) in [4.78, 5) is 43.6. The van der Waals surface area contributed by atoms with Gasteiger partial charge in [0, 0.05) is 32.1 Å². The zero-order chi connectivity index (χ0) is 19.0. The van der Waals surface area contributed by atoms with Crippen molar-refractivity contribution < 1.29 is 19.1 Å². The second-order valence-electron chi connectivity index (χ2n) is 7.34. The molecule has 1 aromatic heterocycles. The molecule has 1 saturated heterocycles. The van der Waals surface area contributed by atoms with E-state index in [-0.39, 0.29) is 30.3 Å². The SMILES string of the molecule is CC(C)[C@H]1COC(=O)N1CC(=O)N1CCc2sc(C(=O)N(C)C)cc2C1. The number of ether oxygens (including phenoxy) is 1. The lowest BCUT2D eigenvalue weighted by atomic mass is 10.0. The molecule has 0 unspecified atom stereocenters. The van der Waals surface area contributed by atoms with E-state index in [9.17, 15) is 14.4 Å². The fourth-order valence-corrected chi connectivity index (χ4v) is 4.50. The van der Waals surface area contributed by atoms with Crippen molar-refractivity contribution in [1.29, 1.82) is 0 Å². The third-order valence-corrected chi connectivity index (χ3v) is 6.15. The fourth-order valence-electron chi connectivity index (χ4n) is 3.32. The quantitative estimate of drug-likeness (QED) is 0.800. The molecule has 2 aliphatic rings. The second-order valence-corrected chi connectivity index (χ2v) is 8.48. The van der Waals surface area contributed by atoms with Crippen molar-refractivity contribution in [1.82, 2.24) is 14.7 Å². The minimum absolute atomic E-state index is 0.0122. The third kappa shape index (κ3) is 3.56. The first-order chi connectivity index (χ1) is 12.3. The van der Waals surface area contributed by atoms with Crippen molar-refractivity contribution >= 4 is 29.2 Å². The zero-order valence-electron chi connectivity index (χ0n) is 15.7. The van der Waals surface area contributed by atoms with Crippen molar-refractivity contribution in [2.45, 2.75) is 32.9 Å². The van der Waals surface area contributed by atoms with Crippen LogP contribution in [0.5, 0.6) is 0 Å². The van der Waals surface area contributed by atoms with E-state index in [1.807, 2.05) is 19.9 Å². The molecule has 26 heavy (non-hydrogen) atoms. The number of amides is 3. The average Bonchev–Trinajstić information content (AvgIpc) is 3.17. The topological polar surface area (TPSA) is 70.2 Å². The molecule has 0 aromatic carbocycles. The van der Waals surface area contributed by atoms with Crippen LogP contribution in [0.3, 0.4) is 0 Å². The molecule has 0 bridgehead atoms. The lowest BCUT2D eigenvalue weighted by Crippen LogP contribution is -2.46. The first-order valence-corrected chi connectivity index (χ1v) is 9.64. The maximum Gasteiger partial charge on any atom is 0.410 e. The van der Waals surface area contributed by atoms with E-state index in [4.69, 9.17) is 4.74 Å². The Hall–Kier alpha value is -2.09. The molecule has 3 rings (SSSR count). The van der Waals surface area contributed by atoms with Crippen molar-refractivity contribution in [2.24, 2.45) is 5.92 Å². The van der Waals surface area contributed by atoms with E-state index in [0.717, 1.165) is 12.0 Å². The maximum atomic E-state index is 12.7. The van der Waals surface area contributed by atoms with E-state index < -0.39 is 6.09 Å². The molecule has 3 heterocycles. The number of cyclic esters (lactones) is 1. The Balaban J connectivity index is 1.67. The number of fused-ring (bicyclic) bond motifs is 1. The Kier molecular flexibility index (Phi) is 5.22. The van der Waals surface area contributed by atoms with E-state index >= 15 is 0 Å². The smallest absolute Gasteiger partial charge is 0.410 e. The third-order valence-electron chi connectivity index (χ3n) is 4.92. The second kappa shape index (κ2) is 7.26. The first-order valence-electron chi connectivity index (χ1n) is 8.82. The molecule has 0 saturated carbocycles. The van der Waals surface area contributed by atoms with Gasteiger partial charge in [0.1, 0.15) is 13.2 Å². The van der Waals surface area contributed by atoms with E-state index in [1.165, 1.54) is 21.1 Å². The number of hydrogen-bond acceptors (Lipinski definition) is 5. The number of rotatable bonds is 4. The largest absolute Gasteiger partial charge is 0.447 e. The molecule has 3 amide bonds. The van der Waals surface area contributed by atoms with Crippen LogP contribution in [0.25, 0.3) is 0 Å². The number of carbonyl (C=O) groups excluding carboxylic acids is 3. The van der Waals surface area contributed by atoms with Gasteiger partial charge >= 0.3 is 6.09 Å². The molecule has 1 aromatic rings. The minimum Gasteiger partial charge on any atom is -0.447 e. The van der Waals surface area contributed by atoms with Crippen molar-refractivity contribution in [3.63, 3.8) is 0 Å². The van der Waals surface area contributed by atoms with Gasteiger partial charge in [-0.15, -0.1) is 11.3 Å². The van der Waals surface area contributed by atoms with Crippen LogP contribution < -0.4 is 0 Å². The van der Waals surface area contributed by atoms with Crippen LogP contribution in [0, 0.1) is 5.92 Å². The van der Waals surface area contributed by atoms with Gasteiger partial charge in [0.05, 0.1) is 10.9 Å². The van der Waals surface area contributed by atoms with Crippen LogP contribution in [0.15, 0.2) is 6.07 Å². The predicted molar refractivity (Wildman–Crippen MR) is 98.1 cm³/mol. The van der Waals surface area contributed by atoms with E-state index in [1.54, 1.807) is 23.9 Å². The Morgan fingerprint density at radius 2 is 2.12 bits per heavy atom. The molecular weight excluding hydrogens is 354 g/mol. The van der Waals surface area contributed by atoms with E-state index in [2.05, 4.69) is 0 Å². The van der Waals surface area contributed by atoms with Crippen LogP contribution in [0.2, 0.25) is 0 Å². The molecular formula is C18H25N3O4S. The Labute approximate surface area is 157 Å². The molecule has 1 atom stereocenters. The number of nitrogens with zero attached hydrogens (tertiary/aromatic N) is 3. The molecule has 0 aliphatic carbocycles. The summed E-state index contributed by atoms with van der Waals surface area (Å²) in [5.74, 6) is 0.146. The highest BCUT2D eigenvalue weighted by Gasteiger charge is 2.37. The van der Waals surface area contributed by atoms with Gasteiger partial charge in [-0.25, -0.2) is 4.79 Å². The molecule has 2 aliphatic heterocycles. The van der Waals surface area contributed by atoms with Gasteiger partial charge < -0.3 is 14.5 Å². The van der Waals surface area contributed by atoms with Gasteiger partial charge in [0.15, 0.2) is 0 Å². The molecule has 0 spiro atoms. The fraction of sp³-hybridized carbons (Fsp3) is 0.611. The lowest BCUT2D eigenvalue weighted by Gasteiger charge is -2.30. The van der Waals surface area contributed by atoms with E-state index in [0.29, 0.717) is 24.6 Å².